The molecule has 0 aliphatic carbocycles. The number of para-hydroxylation sites is 1. The van der Waals surface area contributed by atoms with E-state index in [0.29, 0.717) is 21.7 Å². The first-order chi connectivity index (χ1) is 7.68. The molecule has 1 heterocycles. The summed E-state index contributed by atoms with van der Waals surface area (Å²) in [6.07, 6.45) is 2.32. The van der Waals surface area contributed by atoms with Crippen LogP contribution in [0.15, 0.2) is 23.2 Å². The first-order valence-corrected chi connectivity index (χ1v) is 5.97. The molecule has 1 aliphatic rings. The SMILES string of the molecule is NC(=Nc1c(Cl)cccc1Cl)N1CCCC1. The highest BCUT2D eigenvalue weighted by Gasteiger charge is 2.14. The molecular weight excluding hydrogens is 245 g/mol. The van der Waals surface area contributed by atoms with Crippen molar-refractivity contribution in [1.29, 1.82) is 0 Å². The number of benzene rings is 1. The molecule has 0 saturated carbocycles. The normalized spacial score (nSPS) is 16.9. The van der Waals surface area contributed by atoms with Crippen LogP contribution < -0.4 is 5.73 Å². The van der Waals surface area contributed by atoms with Gasteiger partial charge in [0.2, 0.25) is 0 Å². The maximum absolute atomic E-state index is 6.01. The molecule has 1 aromatic carbocycles. The van der Waals surface area contributed by atoms with Crippen LogP contribution in [0.2, 0.25) is 10.0 Å². The third-order valence-corrected chi connectivity index (χ3v) is 3.20. The molecule has 0 radical (unpaired) electrons. The van der Waals surface area contributed by atoms with E-state index in [2.05, 4.69) is 4.99 Å². The Kier molecular flexibility index (Phi) is 3.56. The van der Waals surface area contributed by atoms with Crippen LogP contribution in [0, 0.1) is 0 Å². The number of hydrogen-bond acceptors (Lipinski definition) is 1. The Morgan fingerprint density at radius 2 is 1.75 bits per heavy atom. The summed E-state index contributed by atoms with van der Waals surface area (Å²) >= 11 is 12.0. The van der Waals surface area contributed by atoms with Gasteiger partial charge in [-0.2, -0.15) is 0 Å². The van der Waals surface area contributed by atoms with Crippen LogP contribution in [0.4, 0.5) is 5.69 Å². The molecule has 0 amide bonds. The first kappa shape index (κ1) is 11.6. The van der Waals surface area contributed by atoms with Crippen molar-refractivity contribution in [3.05, 3.63) is 28.2 Å². The zero-order chi connectivity index (χ0) is 11.5. The van der Waals surface area contributed by atoms with E-state index in [-0.39, 0.29) is 0 Å². The van der Waals surface area contributed by atoms with E-state index < -0.39 is 0 Å². The van der Waals surface area contributed by atoms with E-state index in [4.69, 9.17) is 28.9 Å². The summed E-state index contributed by atoms with van der Waals surface area (Å²) in [6, 6.07) is 5.29. The van der Waals surface area contributed by atoms with E-state index in [0.717, 1.165) is 25.9 Å². The minimum Gasteiger partial charge on any atom is -0.369 e. The van der Waals surface area contributed by atoms with Gasteiger partial charge in [-0.1, -0.05) is 29.3 Å². The third kappa shape index (κ3) is 2.42. The van der Waals surface area contributed by atoms with Crippen molar-refractivity contribution in [2.75, 3.05) is 13.1 Å². The number of likely N-dealkylation sites (tertiary alicyclic amines) is 1. The lowest BCUT2D eigenvalue weighted by Gasteiger charge is -2.16. The molecule has 5 heteroatoms. The van der Waals surface area contributed by atoms with Crippen LogP contribution >= 0.6 is 23.2 Å². The number of nitrogens with zero attached hydrogens (tertiary/aromatic N) is 2. The molecule has 0 bridgehead atoms. The third-order valence-electron chi connectivity index (χ3n) is 2.59. The lowest BCUT2D eigenvalue weighted by atomic mass is 10.3. The predicted molar refractivity (Wildman–Crippen MR) is 68.6 cm³/mol. The second kappa shape index (κ2) is 4.93. The Labute approximate surface area is 105 Å². The van der Waals surface area contributed by atoms with Crippen molar-refractivity contribution >= 4 is 34.8 Å². The number of halogens is 2. The fourth-order valence-corrected chi connectivity index (χ4v) is 2.21. The van der Waals surface area contributed by atoms with Gasteiger partial charge in [0, 0.05) is 13.1 Å². The minimum atomic E-state index is 0.493. The largest absolute Gasteiger partial charge is 0.369 e. The molecule has 1 aromatic rings. The Bertz CT molecular complexity index is 391. The van der Waals surface area contributed by atoms with Gasteiger partial charge in [0.15, 0.2) is 5.96 Å². The highest BCUT2D eigenvalue weighted by molar-refractivity contribution is 6.38. The highest BCUT2D eigenvalue weighted by atomic mass is 35.5. The van der Waals surface area contributed by atoms with Gasteiger partial charge in [0.1, 0.15) is 5.69 Å². The van der Waals surface area contributed by atoms with E-state index in [1.165, 1.54) is 0 Å². The van der Waals surface area contributed by atoms with Gasteiger partial charge in [-0.25, -0.2) is 4.99 Å². The lowest BCUT2D eigenvalue weighted by molar-refractivity contribution is 0.513. The van der Waals surface area contributed by atoms with Crippen molar-refractivity contribution in [2.45, 2.75) is 12.8 Å². The van der Waals surface area contributed by atoms with Gasteiger partial charge in [0.25, 0.3) is 0 Å². The number of nitrogens with two attached hydrogens (primary N) is 1. The molecule has 0 aromatic heterocycles. The summed E-state index contributed by atoms with van der Waals surface area (Å²) in [5.74, 6) is 0.493. The molecule has 86 valence electrons. The van der Waals surface area contributed by atoms with Gasteiger partial charge in [-0.15, -0.1) is 0 Å². The smallest absolute Gasteiger partial charge is 0.196 e. The van der Waals surface area contributed by atoms with E-state index in [1.807, 2.05) is 4.90 Å². The van der Waals surface area contributed by atoms with Crippen molar-refractivity contribution in [3.8, 4) is 0 Å². The first-order valence-electron chi connectivity index (χ1n) is 5.21. The molecule has 2 rings (SSSR count). The molecule has 3 nitrogen and oxygen atoms in total. The van der Waals surface area contributed by atoms with E-state index in [1.54, 1.807) is 18.2 Å². The summed E-state index contributed by atoms with van der Waals surface area (Å²) < 4.78 is 0. The minimum absolute atomic E-state index is 0.493. The average molecular weight is 258 g/mol. The van der Waals surface area contributed by atoms with Crippen LogP contribution in [0.25, 0.3) is 0 Å². The molecule has 1 fully saturated rings. The Hall–Kier alpha value is -0.930. The second-order valence-corrected chi connectivity index (χ2v) is 4.55. The second-order valence-electron chi connectivity index (χ2n) is 3.73. The summed E-state index contributed by atoms with van der Waals surface area (Å²) in [6.45, 7) is 1.91. The fraction of sp³-hybridized carbons (Fsp3) is 0.364. The fourth-order valence-electron chi connectivity index (χ4n) is 1.73. The van der Waals surface area contributed by atoms with Gasteiger partial charge in [-0.05, 0) is 25.0 Å². The molecular formula is C11H13Cl2N3. The van der Waals surface area contributed by atoms with Crippen molar-refractivity contribution < 1.29 is 0 Å². The Balaban J connectivity index is 2.27. The molecule has 2 N–H and O–H groups in total. The number of guanidine groups is 1. The van der Waals surface area contributed by atoms with E-state index in [9.17, 15) is 0 Å². The topological polar surface area (TPSA) is 41.6 Å². The Morgan fingerprint density at radius 1 is 1.19 bits per heavy atom. The summed E-state index contributed by atoms with van der Waals surface area (Å²) in [4.78, 5) is 6.34. The zero-order valence-electron chi connectivity index (χ0n) is 8.79. The monoisotopic (exact) mass is 257 g/mol. The maximum atomic E-state index is 6.01. The quantitative estimate of drug-likeness (QED) is 0.621. The molecule has 0 unspecified atom stereocenters. The summed E-state index contributed by atoms with van der Waals surface area (Å²) in [5, 5.41) is 1.05. The maximum Gasteiger partial charge on any atom is 0.196 e. The zero-order valence-corrected chi connectivity index (χ0v) is 10.3. The molecule has 0 atom stereocenters. The number of hydrogen-bond donors (Lipinski definition) is 1. The molecule has 16 heavy (non-hydrogen) atoms. The molecule has 1 aliphatic heterocycles. The van der Waals surface area contributed by atoms with Crippen molar-refractivity contribution in [2.24, 2.45) is 10.7 Å². The standard InChI is InChI=1S/C11H13Cl2N3/c12-8-4-3-5-9(13)10(8)15-11(14)16-6-1-2-7-16/h3-5H,1-2,6-7H2,(H2,14,15). The van der Waals surface area contributed by atoms with Crippen LogP contribution in [-0.4, -0.2) is 23.9 Å². The highest BCUT2D eigenvalue weighted by Crippen LogP contribution is 2.32. The van der Waals surface area contributed by atoms with E-state index >= 15 is 0 Å². The van der Waals surface area contributed by atoms with Crippen LogP contribution in [0.1, 0.15) is 12.8 Å². The van der Waals surface area contributed by atoms with Crippen LogP contribution in [0.3, 0.4) is 0 Å². The molecule has 0 spiro atoms. The predicted octanol–water partition coefficient (Wildman–Crippen LogP) is 3.04. The van der Waals surface area contributed by atoms with Crippen molar-refractivity contribution in [1.82, 2.24) is 4.90 Å². The lowest BCUT2D eigenvalue weighted by Crippen LogP contribution is -2.34. The number of aliphatic imine (C=N–C) groups is 1. The van der Waals surface area contributed by atoms with Gasteiger partial charge in [0.05, 0.1) is 10.0 Å². The average Bonchev–Trinajstić information content (AvgIpc) is 2.76. The number of rotatable bonds is 1. The summed E-state index contributed by atoms with van der Waals surface area (Å²) in [5.41, 5.74) is 6.46. The van der Waals surface area contributed by atoms with Gasteiger partial charge in [-0.3, -0.25) is 0 Å². The van der Waals surface area contributed by atoms with Crippen molar-refractivity contribution in [3.63, 3.8) is 0 Å². The molecule has 1 saturated heterocycles. The van der Waals surface area contributed by atoms with Crippen LogP contribution in [0.5, 0.6) is 0 Å². The Morgan fingerprint density at radius 3 is 2.31 bits per heavy atom. The van der Waals surface area contributed by atoms with Crippen LogP contribution in [-0.2, 0) is 0 Å². The van der Waals surface area contributed by atoms with Gasteiger partial charge < -0.3 is 10.6 Å². The van der Waals surface area contributed by atoms with Gasteiger partial charge >= 0.3 is 0 Å². The summed E-state index contributed by atoms with van der Waals surface area (Å²) in [7, 11) is 0.